The number of hydrogen-bond donors (Lipinski definition) is 1. The molecule has 3 nitrogen and oxygen atoms in total. The summed E-state index contributed by atoms with van der Waals surface area (Å²) in [5.41, 5.74) is 7.09. The second-order valence-electron chi connectivity index (χ2n) is 7.69. The minimum absolute atomic E-state index is 0.00160. The van der Waals surface area contributed by atoms with E-state index in [0.29, 0.717) is 35.9 Å². The number of amides is 1. The van der Waals surface area contributed by atoms with Gasteiger partial charge in [0.05, 0.1) is 0 Å². The van der Waals surface area contributed by atoms with E-state index in [9.17, 15) is 13.6 Å². The summed E-state index contributed by atoms with van der Waals surface area (Å²) in [6.45, 7) is 0.666. The maximum Gasteiger partial charge on any atom is 0.226 e. The molecule has 0 saturated heterocycles. The Hall–Kier alpha value is -1.49. The lowest BCUT2D eigenvalue weighted by Gasteiger charge is -2.45. The average molecular weight is 334 g/mol. The van der Waals surface area contributed by atoms with Crippen LogP contribution in [0.1, 0.15) is 43.2 Å². The Kier molecular flexibility index (Phi) is 4.07. The predicted molar refractivity (Wildman–Crippen MR) is 87.0 cm³/mol. The van der Waals surface area contributed by atoms with Crippen LogP contribution in [-0.2, 0) is 17.8 Å². The van der Waals surface area contributed by atoms with Gasteiger partial charge in [0.25, 0.3) is 0 Å². The largest absolute Gasteiger partial charge is 0.338 e. The third-order valence-electron chi connectivity index (χ3n) is 6.37. The summed E-state index contributed by atoms with van der Waals surface area (Å²) < 4.78 is 27.9. The lowest BCUT2D eigenvalue weighted by atomic mass is 9.65. The summed E-state index contributed by atoms with van der Waals surface area (Å²) in [4.78, 5) is 14.7. The van der Waals surface area contributed by atoms with Crippen LogP contribution in [0.4, 0.5) is 8.78 Å². The Morgan fingerprint density at radius 3 is 2.38 bits per heavy atom. The standard InChI is InChI=1S/C19H24F2N2O/c20-16-4-5-17(21)15-10-23(7-6-14(15)16)19(24)13-8-11-2-1-3-12(9-13)18(11)22/h4-5,11-13,18H,1-3,6-10,22H2. The number of nitrogens with two attached hydrogens (primary N) is 1. The van der Waals surface area contributed by atoms with E-state index in [2.05, 4.69) is 0 Å². The molecule has 1 heterocycles. The summed E-state index contributed by atoms with van der Waals surface area (Å²) in [7, 11) is 0. The van der Waals surface area contributed by atoms with Crippen molar-refractivity contribution in [2.45, 2.75) is 51.1 Å². The fourth-order valence-corrected chi connectivity index (χ4v) is 5.03. The first-order valence-electron chi connectivity index (χ1n) is 9.04. The predicted octanol–water partition coefficient (Wildman–Crippen LogP) is 3.00. The van der Waals surface area contributed by atoms with E-state index < -0.39 is 5.82 Å². The molecule has 2 aliphatic carbocycles. The molecular weight excluding hydrogens is 310 g/mol. The summed E-state index contributed by atoms with van der Waals surface area (Å²) in [5.74, 6) is 0.213. The minimum atomic E-state index is -0.411. The van der Waals surface area contributed by atoms with Crippen LogP contribution in [0.2, 0.25) is 0 Å². The van der Waals surface area contributed by atoms with Crippen LogP contribution in [0.5, 0.6) is 0 Å². The van der Waals surface area contributed by atoms with Gasteiger partial charge in [-0.2, -0.15) is 0 Å². The van der Waals surface area contributed by atoms with E-state index in [1.165, 1.54) is 12.5 Å². The monoisotopic (exact) mass is 334 g/mol. The van der Waals surface area contributed by atoms with Crippen molar-refractivity contribution in [3.8, 4) is 0 Å². The van der Waals surface area contributed by atoms with Crippen LogP contribution >= 0.6 is 0 Å². The van der Waals surface area contributed by atoms with Crippen LogP contribution < -0.4 is 5.73 Å². The van der Waals surface area contributed by atoms with Crippen molar-refractivity contribution in [2.24, 2.45) is 23.5 Å². The van der Waals surface area contributed by atoms with Crippen molar-refractivity contribution in [1.29, 1.82) is 0 Å². The second kappa shape index (κ2) is 6.10. The molecule has 4 rings (SSSR count). The topological polar surface area (TPSA) is 46.3 Å². The van der Waals surface area contributed by atoms with Crippen LogP contribution in [0.3, 0.4) is 0 Å². The van der Waals surface area contributed by atoms with Crippen molar-refractivity contribution in [3.05, 3.63) is 34.9 Å². The van der Waals surface area contributed by atoms with Gasteiger partial charge in [-0.15, -0.1) is 0 Å². The molecule has 2 bridgehead atoms. The lowest BCUT2D eigenvalue weighted by molar-refractivity contribution is -0.139. The molecule has 3 aliphatic rings. The zero-order chi connectivity index (χ0) is 16.8. The van der Waals surface area contributed by atoms with Crippen molar-refractivity contribution in [2.75, 3.05) is 6.54 Å². The minimum Gasteiger partial charge on any atom is -0.338 e. The molecule has 0 spiro atoms. The van der Waals surface area contributed by atoms with Gasteiger partial charge in [-0.25, -0.2) is 8.78 Å². The Morgan fingerprint density at radius 1 is 1.08 bits per heavy atom. The fraction of sp³-hybridized carbons (Fsp3) is 0.632. The number of rotatable bonds is 1. The maximum atomic E-state index is 14.0. The molecule has 2 unspecified atom stereocenters. The molecule has 1 aromatic rings. The van der Waals surface area contributed by atoms with E-state index in [-0.39, 0.29) is 30.2 Å². The van der Waals surface area contributed by atoms with E-state index in [1.54, 1.807) is 4.90 Å². The van der Waals surface area contributed by atoms with Gasteiger partial charge in [0, 0.05) is 30.6 Å². The molecule has 0 aromatic heterocycles. The van der Waals surface area contributed by atoms with Crippen LogP contribution in [0.25, 0.3) is 0 Å². The highest BCUT2D eigenvalue weighted by Gasteiger charge is 2.42. The van der Waals surface area contributed by atoms with Crippen LogP contribution in [-0.4, -0.2) is 23.4 Å². The van der Waals surface area contributed by atoms with Crippen LogP contribution in [0, 0.1) is 29.4 Å². The zero-order valence-electron chi connectivity index (χ0n) is 13.8. The number of benzene rings is 1. The summed E-state index contributed by atoms with van der Waals surface area (Å²) in [5, 5.41) is 0. The highest BCUT2D eigenvalue weighted by molar-refractivity contribution is 5.79. The van der Waals surface area contributed by atoms with Gasteiger partial charge < -0.3 is 10.6 Å². The summed E-state index contributed by atoms with van der Waals surface area (Å²) >= 11 is 0. The molecule has 1 aromatic carbocycles. The third kappa shape index (κ3) is 2.63. The van der Waals surface area contributed by atoms with E-state index in [0.717, 1.165) is 31.7 Å². The Bertz CT molecular complexity index is 649. The molecule has 2 fully saturated rings. The van der Waals surface area contributed by atoms with Crippen molar-refractivity contribution >= 4 is 5.91 Å². The molecule has 24 heavy (non-hydrogen) atoms. The molecule has 1 amide bonds. The van der Waals surface area contributed by atoms with Gasteiger partial charge in [0.2, 0.25) is 5.91 Å². The highest BCUT2D eigenvalue weighted by atomic mass is 19.1. The molecule has 2 N–H and O–H groups in total. The molecule has 1 aliphatic heterocycles. The lowest BCUT2D eigenvalue weighted by Crippen LogP contribution is -2.50. The quantitative estimate of drug-likeness (QED) is 0.858. The van der Waals surface area contributed by atoms with Gasteiger partial charge in [0.15, 0.2) is 0 Å². The molecule has 2 atom stereocenters. The van der Waals surface area contributed by atoms with E-state index in [4.69, 9.17) is 5.73 Å². The summed E-state index contributed by atoms with van der Waals surface area (Å²) in [6, 6.07) is 2.57. The fourth-order valence-electron chi connectivity index (χ4n) is 5.03. The Morgan fingerprint density at radius 2 is 1.71 bits per heavy atom. The van der Waals surface area contributed by atoms with Gasteiger partial charge in [0.1, 0.15) is 11.6 Å². The first kappa shape index (κ1) is 16.0. The molecule has 5 heteroatoms. The van der Waals surface area contributed by atoms with E-state index >= 15 is 0 Å². The normalized spacial score (nSPS) is 32.4. The highest BCUT2D eigenvalue weighted by Crippen LogP contribution is 2.42. The number of fused-ring (bicyclic) bond motifs is 3. The van der Waals surface area contributed by atoms with Crippen molar-refractivity contribution < 1.29 is 13.6 Å². The smallest absolute Gasteiger partial charge is 0.226 e. The second-order valence-corrected chi connectivity index (χ2v) is 7.69. The van der Waals surface area contributed by atoms with Gasteiger partial charge >= 0.3 is 0 Å². The van der Waals surface area contributed by atoms with Crippen molar-refractivity contribution in [3.63, 3.8) is 0 Å². The maximum absolute atomic E-state index is 14.0. The Balaban J connectivity index is 1.51. The Labute approximate surface area is 141 Å². The zero-order valence-corrected chi connectivity index (χ0v) is 13.8. The number of nitrogens with zero attached hydrogens (tertiary/aromatic N) is 1. The number of halogens is 2. The summed E-state index contributed by atoms with van der Waals surface area (Å²) in [6.07, 6.45) is 5.54. The van der Waals surface area contributed by atoms with E-state index in [1.807, 2.05) is 0 Å². The van der Waals surface area contributed by atoms with Gasteiger partial charge in [-0.1, -0.05) is 6.42 Å². The van der Waals surface area contributed by atoms with Crippen LogP contribution in [0.15, 0.2) is 12.1 Å². The number of carbonyl (C=O) groups excluding carboxylic acids is 1. The first-order chi connectivity index (χ1) is 11.5. The molecule has 130 valence electrons. The first-order valence-corrected chi connectivity index (χ1v) is 9.04. The molecular formula is C19H24F2N2O. The van der Waals surface area contributed by atoms with Crippen molar-refractivity contribution in [1.82, 2.24) is 4.90 Å². The van der Waals surface area contributed by atoms with Gasteiger partial charge in [-0.3, -0.25) is 4.79 Å². The third-order valence-corrected chi connectivity index (χ3v) is 6.37. The number of carbonyl (C=O) groups is 1. The number of hydrogen-bond acceptors (Lipinski definition) is 2. The molecule has 2 saturated carbocycles. The van der Waals surface area contributed by atoms with Gasteiger partial charge in [-0.05, 0) is 61.6 Å². The SMILES string of the molecule is NC1C2CCCC1CC(C(=O)N1CCc3c(F)ccc(F)c3C1)C2. The average Bonchev–Trinajstić information content (AvgIpc) is 2.57. The molecule has 0 radical (unpaired) electrons.